The second-order valence-electron chi connectivity index (χ2n) is 2.48. The molecule has 2 atom stereocenters. The molecule has 1 rings (SSSR count). The summed E-state index contributed by atoms with van der Waals surface area (Å²) in [5, 5.41) is -0.880. The maximum absolute atomic E-state index is 10.6. The number of ether oxygens (including phenoxy) is 1. The molecule has 1 aliphatic heterocycles. The normalized spacial score (nSPS) is 26.1. The molecule has 0 aliphatic carbocycles. The van der Waals surface area contributed by atoms with Gasteiger partial charge in [0.25, 0.3) is 10.1 Å². The first-order chi connectivity index (χ1) is 5.04. The Kier molecular flexibility index (Phi) is 2.31. The van der Waals surface area contributed by atoms with Crippen LogP contribution >= 0.6 is 0 Å². The van der Waals surface area contributed by atoms with Crippen molar-refractivity contribution >= 4 is 10.1 Å². The minimum atomic E-state index is -3.97. The number of epoxide rings is 1. The van der Waals surface area contributed by atoms with Crippen molar-refractivity contribution in [3.05, 3.63) is 12.7 Å². The van der Waals surface area contributed by atoms with Crippen LogP contribution in [0.15, 0.2) is 12.7 Å². The molecule has 0 bridgehead atoms. The van der Waals surface area contributed by atoms with E-state index in [0.29, 0.717) is 13.0 Å². The smallest absolute Gasteiger partial charge is 0.271 e. The van der Waals surface area contributed by atoms with Crippen LogP contribution in [-0.2, 0) is 14.9 Å². The third-order valence-corrected chi connectivity index (χ3v) is 2.69. The van der Waals surface area contributed by atoms with Crippen molar-refractivity contribution in [2.24, 2.45) is 0 Å². The van der Waals surface area contributed by atoms with Gasteiger partial charge in [-0.25, -0.2) is 0 Å². The van der Waals surface area contributed by atoms with Gasteiger partial charge in [-0.05, 0) is 6.42 Å². The molecule has 64 valence electrons. The van der Waals surface area contributed by atoms with Gasteiger partial charge in [0, 0.05) is 0 Å². The summed E-state index contributed by atoms with van der Waals surface area (Å²) in [5.74, 6) is 0. The first-order valence-corrected chi connectivity index (χ1v) is 4.75. The van der Waals surface area contributed by atoms with Crippen molar-refractivity contribution in [2.75, 3.05) is 6.61 Å². The Hall–Kier alpha value is -0.390. The van der Waals surface area contributed by atoms with Gasteiger partial charge in [0.05, 0.1) is 12.7 Å². The highest BCUT2D eigenvalue weighted by Gasteiger charge is 2.30. The average Bonchev–Trinajstić information content (AvgIpc) is 2.62. The Morgan fingerprint density at radius 3 is 2.64 bits per heavy atom. The fourth-order valence-corrected chi connectivity index (χ4v) is 1.50. The molecule has 2 unspecified atom stereocenters. The molecule has 0 aromatic heterocycles. The molecule has 1 N–H and O–H groups in total. The van der Waals surface area contributed by atoms with E-state index in [1.165, 1.54) is 6.08 Å². The van der Waals surface area contributed by atoms with Crippen LogP contribution in [0, 0.1) is 0 Å². The van der Waals surface area contributed by atoms with E-state index in [1.807, 2.05) is 0 Å². The first kappa shape index (κ1) is 8.70. The van der Waals surface area contributed by atoms with Crippen LogP contribution in [0.2, 0.25) is 0 Å². The molecule has 4 nitrogen and oxygen atoms in total. The fraction of sp³-hybridized carbons (Fsp3) is 0.667. The van der Waals surface area contributed by atoms with Crippen molar-refractivity contribution in [3.8, 4) is 0 Å². The van der Waals surface area contributed by atoms with Gasteiger partial charge in [0.2, 0.25) is 0 Å². The highest BCUT2D eigenvalue weighted by molar-refractivity contribution is 7.86. The average molecular weight is 178 g/mol. The third-order valence-electron chi connectivity index (χ3n) is 1.54. The largest absolute Gasteiger partial charge is 0.373 e. The maximum Gasteiger partial charge on any atom is 0.271 e. The predicted molar refractivity (Wildman–Crippen MR) is 39.9 cm³/mol. The summed E-state index contributed by atoms with van der Waals surface area (Å²) in [7, 11) is -3.97. The van der Waals surface area contributed by atoms with Crippen LogP contribution in [-0.4, -0.2) is 30.9 Å². The number of hydrogen-bond acceptors (Lipinski definition) is 3. The molecule has 0 amide bonds. The molecule has 11 heavy (non-hydrogen) atoms. The highest BCUT2D eigenvalue weighted by Crippen LogP contribution is 2.19. The SMILES string of the molecule is C=CC(CC1CO1)S(=O)(=O)O. The molecule has 0 radical (unpaired) electrons. The fourth-order valence-electron chi connectivity index (χ4n) is 0.803. The van der Waals surface area contributed by atoms with Gasteiger partial charge in [0.15, 0.2) is 0 Å². The number of rotatable bonds is 4. The zero-order valence-corrected chi connectivity index (χ0v) is 6.75. The lowest BCUT2D eigenvalue weighted by molar-refractivity contribution is 0.391. The van der Waals surface area contributed by atoms with Crippen LogP contribution in [0.25, 0.3) is 0 Å². The van der Waals surface area contributed by atoms with E-state index in [1.54, 1.807) is 0 Å². The standard InChI is InChI=1S/C6H10O4S/c1-2-6(11(7,8)9)3-5-4-10-5/h2,5-6H,1,3-4H2,(H,7,8,9). The minimum absolute atomic E-state index is 0.0140. The van der Waals surface area contributed by atoms with Gasteiger partial charge < -0.3 is 4.74 Å². The van der Waals surface area contributed by atoms with Crippen molar-refractivity contribution in [2.45, 2.75) is 17.8 Å². The quantitative estimate of drug-likeness (QED) is 0.380. The Morgan fingerprint density at radius 1 is 1.82 bits per heavy atom. The van der Waals surface area contributed by atoms with E-state index in [2.05, 4.69) is 6.58 Å². The van der Waals surface area contributed by atoms with E-state index in [-0.39, 0.29) is 6.10 Å². The molecule has 1 fully saturated rings. The second kappa shape index (κ2) is 2.92. The van der Waals surface area contributed by atoms with E-state index in [4.69, 9.17) is 9.29 Å². The van der Waals surface area contributed by atoms with E-state index < -0.39 is 15.4 Å². The molecule has 0 aromatic carbocycles. The Balaban J connectivity index is 2.54. The van der Waals surface area contributed by atoms with Crippen molar-refractivity contribution in [1.29, 1.82) is 0 Å². The summed E-state index contributed by atoms with van der Waals surface area (Å²) in [5.41, 5.74) is 0. The van der Waals surface area contributed by atoms with Gasteiger partial charge in [-0.3, -0.25) is 4.55 Å². The summed E-state index contributed by atoms with van der Waals surface area (Å²) < 4.78 is 34.5. The van der Waals surface area contributed by atoms with Crippen LogP contribution in [0.1, 0.15) is 6.42 Å². The van der Waals surface area contributed by atoms with E-state index >= 15 is 0 Å². The molecule has 1 saturated heterocycles. The lowest BCUT2D eigenvalue weighted by Gasteiger charge is -2.05. The highest BCUT2D eigenvalue weighted by atomic mass is 32.2. The van der Waals surface area contributed by atoms with Gasteiger partial charge in [-0.15, -0.1) is 6.58 Å². The zero-order chi connectivity index (χ0) is 8.48. The lowest BCUT2D eigenvalue weighted by atomic mass is 10.2. The van der Waals surface area contributed by atoms with Crippen molar-refractivity contribution in [1.82, 2.24) is 0 Å². The second-order valence-corrected chi connectivity index (χ2v) is 4.12. The predicted octanol–water partition coefficient (Wildman–Crippen LogP) is 0.218. The Morgan fingerprint density at radius 2 is 2.36 bits per heavy atom. The third kappa shape index (κ3) is 2.61. The van der Waals surface area contributed by atoms with Gasteiger partial charge in [0.1, 0.15) is 5.25 Å². The monoisotopic (exact) mass is 178 g/mol. The summed E-state index contributed by atoms with van der Waals surface area (Å²) >= 11 is 0. The summed E-state index contributed by atoms with van der Waals surface area (Å²) in [4.78, 5) is 0. The summed E-state index contributed by atoms with van der Waals surface area (Å²) in [6, 6.07) is 0. The molecule has 5 heteroatoms. The molecule has 0 spiro atoms. The van der Waals surface area contributed by atoms with Crippen LogP contribution < -0.4 is 0 Å². The van der Waals surface area contributed by atoms with Crippen LogP contribution in [0.5, 0.6) is 0 Å². The molecular formula is C6H10O4S. The van der Waals surface area contributed by atoms with Crippen molar-refractivity contribution < 1.29 is 17.7 Å². The van der Waals surface area contributed by atoms with Gasteiger partial charge in [-0.1, -0.05) is 6.08 Å². The van der Waals surface area contributed by atoms with Crippen LogP contribution in [0.4, 0.5) is 0 Å². The van der Waals surface area contributed by atoms with Crippen molar-refractivity contribution in [3.63, 3.8) is 0 Å². The maximum atomic E-state index is 10.6. The topological polar surface area (TPSA) is 66.9 Å². The first-order valence-electron chi connectivity index (χ1n) is 3.24. The molecule has 0 aromatic rings. The zero-order valence-electron chi connectivity index (χ0n) is 5.93. The molecular weight excluding hydrogens is 168 g/mol. The molecule has 0 saturated carbocycles. The molecule has 1 heterocycles. The van der Waals surface area contributed by atoms with Gasteiger partial charge >= 0.3 is 0 Å². The van der Waals surface area contributed by atoms with Gasteiger partial charge in [-0.2, -0.15) is 8.42 Å². The molecule has 1 aliphatic rings. The Labute approximate surface area is 65.6 Å². The number of hydrogen-bond donors (Lipinski definition) is 1. The Bertz CT molecular complexity index is 239. The minimum Gasteiger partial charge on any atom is -0.373 e. The van der Waals surface area contributed by atoms with E-state index in [9.17, 15) is 8.42 Å². The van der Waals surface area contributed by atoms with E-state index in [0.717, 1.165) is 0 Å². The van der Waals surface area contributed by atoms with Crippen LogP contribution in [0.3, 0.4) is 0 Å². The summed E-state index contributed by atoms with van der Waals surface area (Å²) in [6.45, 7) is 3.90. The summed E-state index contributed by atoms with van der Waals surface area (Å²) in [6.07, 6.45) is 1.51. The lowest BCUT2D eigenvalue weighted by Crippen LogP contribution is -2.19.